The van der Waals surface area contributed by atoms with E-state index < -0.39 is 9.84 Å². The molecule has 0 bridgehead atoms. The monoisotopic (exact) mass is 515 g/mol. The maximum absolute atomic E-state index is 13.4. The molecule has 0 saturated carbocycles. The summed E-state index contributed by atoms with van der Waals surface area (Å²) in [7, 11) is -2.87. The van der Waals surface area contributed by atoms with Crippen LogP contribution >= 0.6 is 35.7 Å². The lowest BCUT2D eigenvalue weighted by Crippen LogP contribution is -2.40. The van der Waals surface area contributed by atoms with Gasteiger partial charge in [0.1, 0.15) is 5.82 Å². The zero-order chi connectivity index (χ0) is 18.3. The van der Waals surface area contributed by atoms with E-state index in [1.807, 2.05) is 13.2 Å². The Kier molecular flexibility index (Phi) is 10.2. The van der Waals surface area contributed by atoms with Crippen molar-refractivity contribution in [3.8, 4) is 0 Å². The summed E-state index contributed by atoms with van der Waals surface area (Å²) < 4.78 is 36.5. The van der Waals surface area contributed by atoms with Crippen LogP contribution in [0.4, 0.5) is 4.39 Å². The highest BCUT2D eigenvalue weighted by molar-refractivity contribution is 14.0. The summed E-state index contributed by atoms with van der Waals surface area (Å²) >= 11 is 1.65. The van der Waals surface area contributed by atoms with Crippen LogP contribution in [-0.4, -0.2) is 45.2 Å². The molecule has 0 aromatic heterocycles. The van der Waals surface area contributed by atoms with E-state index in [0.29, 0.717) is 25.5 Å². The van der Waals surface area contributed by atoms with Gasteiger partial charge in [0.15, 0.2) is 15.8 Å². The Balaban J connectivity index is 0.00000338. The third kappa shape index (κ3) is 7.59. The van der Waals surface area contributed by atoms with E-state index in [-0.39, 0.29) is 47.2 Å². The van der Waals surface area contributed by atoms with E-state index in [1.54, 1.807) is 23.9 Å². The number of halogens is 2. The maximum atomic E-state index is 13.4. The van der Waals surface area contributed by atoms with Gasteiger partial charge in [-0.05, 0) is 48.8 Å². The molecule has 2 rings (SSSR count). The first kappa shape index (κ1) is 23.5. The van der Waals surface area contributed by atoms with Gasteiger partial charge in [-0.1, -0.05) is 6.07 Å². The minimum atomic E-state index is -2.87. The lowest BCUT2D eigenvalue weighted by atomic mass is 10.1. The fraction of sp³-hybridized carbons (Fsp3) is 0.588. The third-order valence-corrected chi connectivity index (χ3v) is 6.54. The molecular formula is C17H27FIN3O2S2. The first-order valence-corrected chi connectivity index (χ1v) is 11.6. The molecule has 0 aliphatic carbocycles. The fourth-order valence-electron chi connectivity index (χ4n) is 2.82. The van der Waals surface area contributed by atoms with Crippen LogP contribution in [0.25, 0.3) is 0 Å². The number of benzene rings is 1. The summed E-state index contributed by atoms with van der Waals surface area (Å²) in [6, 6.07) is 4.79. The van der Waals surface area contributed by atoms with Crippen LogP contribution in [0.3, 0.4) is 0 Å². The highest BCUT2D eigenvalue weighted by Crippen LogP contribution is 2.18. The molecule has 1 heterocycles. The topological polar surface area (TPSA) is 70.6 Å². The average molecular weight is 515 g/mol. The molecule has 5 nitrogen and oxygen atoms in total. The van der Waals surface area contributed by atoms with Crippen LogP contribution in [0, 0.1) is 11.7 Å². The first-order chi connectivity index (χ1) is 11.9. The SMILES string of the molecule is CCNC(=NCc1ccc(F)cc1CSC)NCC1CCS(=O)(=O)C1.I. The average Bonchev–Trinajstić information content (AvgIpc) is 2.91. The van der Waals surface area contributed by atoms with Crippen molar-refractivity contribution in [2.75, 3.05) is 30.9 Å². The van der Waals surface area contributed by atoms with Gasteiger partial charge < -0.3 is 10.6 Å². The fourth-order valence-corrected chi connectivity index (χ4v) is 5.26. The van der Waals surface area contributed by atoms with Gasteiger partial charge in [-0.3, -0.25) is 0 Å². The number of thioether (sulfide) groups is 1. The molecule has 26 heavy (non-hydrogen) atoms. The number of aliphatic imine (C=N–C) groups is 1. The van der Waals surface area contributed by atoms with Crippen LogP contribution in [0.5, 0.6) is 0 Å². The van der Waals surface area contributed by atoms with Crippen molar-refractivity contribution >= 4 is 51.5 Å². The van der Waals surface area contributed by atoms with Gasteiger partial charge in [0.25, 0.3) is 0 Å². The molecule has 0 spiro atoms. The normalized spacial score (nSPS) is 19.0. The van der Waals surface area contributed by atoms with Crippen molar-refractivity contribution in [2.45, 2.75) is 25.6 Å². The van der Waals surface area contributed by atoms with Crippen LogP contribution in [-0.2, 0) is 22.1 Å². The van der Waals surface area contributed by atoms with Gasteiger partial charge in [-0.15, -0.1) is 24.0 Å². The van der Waals surface area contributed by atoms with Crippen molar-refractivity contribution in [3.63, 3.8) is 0 Å². The molecule has 1 aliphatic rings. The van der Waals surface area contributed by atoms with Crippen molar-refractivity contribution in [2.24, 2.45) is 10.9 Å². The first-order valence-electron chi connectivity index (χ1n) is 8.42. The number of rotatable bonds is 7. The van der Waals surface area contributed by atoms with Crippen LogP contribution in [0.1, 0.15) is 24.5 Å². The Morgan fingerprint density at radius 2 is 2.12 bits per heavy atom. The quantitative estimate of drug-likeness (QED) is 0.332. The minimum absolute atomic E-state index is 0. The van der Waals surface area contributed by atoms with E-state index in [2.05, 4.69) is 15.6 Å². The van der Waals surface area contributed by atoms with E-state index in [0.717, 1.165) is 23.4 Å². The lowest BCUT2D eigenvalue weighted by molar-refractivity contribution is 0.567. The maximum Gasteiger partial charge on any atom is 0.191 e. The van der Waals surface area contributed by atoms with Crippen molar-refractivity contribution in [3.05, 3.63) is 35.1 Å². The van der Waals surface area contributed by atoms with Gasteiger partial charge in [0.2, 0.25) is 0 Å². The third-order valence-electron chi connectivity index (χ3n) is 4.10. The number of nitrogens with zero attached hydrogens (tertiary/aromatic N) is 1. The minimum Gasteiger partial charge on any atom is -0.357 e. The zero-order valence-corrected chi connectivity index (χ0v) is 19.1. The number of hydrogen-bond acceptors (Lipinski definition) is 4. The van der Waals surface area contributed by atoms with Crippen molar-refractivity contribution in [1.29, 1.82) is 0 Å². The van der Waals surface area contributed by atoms with E-state index >= 15 is 0 Å². The summed E-state index contributed by atoms with van der Waals surface area (Å²) in [6.07, 6.45) is 2.68. The molecule has 1 saturated heterocycles. The Morgan fingerprint density at radius 1 is 1.35 bits per heavy atom. The van der Waals surface area contributed by atoms with E-state index in [9.17, 15) is 12.8 Å². The molecule has 1 fully saturated rings. The van der Waals surface area contributed by atoms with Crippen LogP contribution in [0.2, 0.25) is 0 Å². The van der Waals surface area contributed by atoms with Gasteiger partial charge >= 0.3 is 0 Å². The number of nitrogens with one attached hydrogen (secondary N) is 2. The summed E-state index contributed by atoms with van der Waals surface area (Å²) in [5.41, 5.74) is 1.95. The molecule has 2 N–H and O–H groups in total. The largest absolute Gasteiger partial charge is 0.357 e. The second-order valence-corrected chi connectivity index (χ2v) is 9.29. The predicted molar refractivity (Wildman–Crippen MR) is 119 cm³/mol. The Morgan fingerprint density at radius 3 is 2.73 bits per heavy atom. The van der Waals surface area contributed by atoms with Crippen molar-refractivity contribution in [1.82, 2.24) is 10.6 Å². The van der Waals surface area contributed by atoms with Gasteiger partial charge in [-0.25, -0.2) is 17.8 Å². The molecule has 0 radical (unpaired) electrons. The summed E-state index contributed by atoms with van der Waals surface area (Å²) in [6.45, 7) is 3.74. The second kappa shape index (κ2) is 11.3. The molecular weight excluding hydrogens is 488 g/mol. The van der Waals surface area contributed by atoms with Gasteiger partial charge in [-0.2, -0.15) is 11.8 Å². The lowest BCUT2D eigenvalue weighted by Gasteiger charge is -2.15. The number of hydrogen-bond donors (Lipinski definition) is 2. The summed E-state index contributed by atoms with van der Waals surface area (Å²) in [5, 5.41) is 6.40. The molecule has 9 heteroatoms. The predicted octanol–water partition coefficient (Wildman–Crippen LogP) is 2.80. The van der Waals surface area contributed by atoms with E-state index in [1.165, 1.54) is 6.07 Å². The number of sulfone groups is 1. The highest BCUT2D eigenvalue weighted by atomic mass is 127. The molecule has 148 valence electrons. The molecule has 0 amide bonds. The number of guanidine groups is 1. The molecule has 1 atom stereocenters. The molecule has 1 aromatic carbocycles. The molecule has 1 unspecified atom stereocenters. The van der Waals surface area contributed by atoms with Gasteiger partial charge in [0.05, 0.1) is 18.1 Å². The molecule has 1 aliphatic heterocycles. The highest BCUT2D eigenvalue weighted by Gasteiger charge is 2.27. The smallest absolute Gasteiger partial charge is 0.191 e. The summed E-state index contributed by atoms with van der Waals surface area (Å²) in [5.74, 6) is 1.82. The van der Waals surface area contributed by atoms with Crippen molar-refractivity contribution < 1.29 is 12.8 Å². The van der Waals surface area contributed by atoms with Crippen LogP contribution < -0.4 is 10.6 Å². The molecule has 1 aromatic rings. The van der Waals surface area contributed by atoms with Crippen LogP contribution in [0.15, 0.2) is 23.2 Å². The Hall–Kier alpha value is -0.550. The van der Waals surface area contributed by atoms with Gasteiger partial charge in [0, 0.05) is 18.8 Å². The Labute approximate surface area is 176 Å². The Bertz CT molecular complexity index is 714. The second-order valence-electron chi connectivity index (χ2n) is 6.19. The van der Waals surface area contributed by atoms with E-state index in [4.69, 9.17) is 0 Å². The zero-order valence-electron chi connectivity index (χ0n) is 15.1. The standard InChI is InChI=1S/C17H26FN3O2S2.HI/c1-3-19-17(20-9-13-6-7-25(22,23)12-13)21-10-14-4-5-16(18)8-15(14)11-24-2;/h4-5,8,13H,3,6-7,9-12H2,1-2H3,(H2,19,20,21);1H. The summed E-state index contributed by atoms with van der Waals surface area (Å²) in [4.78, 5) is 4.57.